The number of hydrogen-bond acceptors (Lipinski definition) is 0. The summed E-state index contributed by atoms with van der Waals surface area (Å²) in [5.41, 5.74) is 7.54. The molecule has 0 fully saturated rings. The van der Waals surface area contributed by atoms with Crippen molar-refractivity contribution in [1.82, 2.24) is 0 Å². The molecule has 0 atom stereocenters. The molecule has 2 aromatic rings. The quantitative estimate of drug-likeness (QED) is 0.591. The van der Waals surface area contributed by atoms with Crippen molar-refractivity contribution in [2.75, 3.05) is 0 Å². The first-order chi connectivity index (χ1) is 10.2. The van der Waals surface area contributed by atoms with Crippen molar-refractivity contribution in [3.8, 4) is 0 Å². The van der Waals surface area contributed by atoms with E-state index in [9.17, 15) is 0 Å². The highest BCUT2D eigenvalue weighted by Gasteiger charge is 2.05. The van der Waals surface area contributed by atoms with E-state index in [1.807, 2.05) is 12.2 Å². The lowest BCUT2D eigenvalue weighted by Gasteiger charge is -2.11. The van der Waals surface area contributed by atoms with Crippen molar-refractivity contribution in [1.29, 1.82) is 0 Å². The Balaban J connectivity index is 2.23. The molecule has 0 aliphatic carbocycles. The first-order valence-electron chi connectivity index (χ1n) is 7.20. The van der Waals surface area contributed by atoms with Gasteiger partial charge in [-0.15, -0.1) is 11.6 Å². The van der Waals surface area contributed by atoms with Crippen LogP contribution in [-0.4, -0.2) is 0 Å². The molecule has 0 radical (unpaired) electrons. The average molecular weight is 297 g/mol. The topological polar surface area (TPSA) is 0 Å². The van der Waals surface area contributed by atoms with Gasteiger partial charge >= 0.3 is 0 Å². The minimum atomic E-state index is 0.554. The van der Waals surface area contributed by atoms with Gasteiger partial charge in [0.2, 0.25) is 0 Å². The smallest absolute Gasteiger partial charge is 0.0476 e. The molecule has 0 aliphatic rings. The number of benzene rings is 2. The zero-order chi connectivity index (χ0) is 15.2. The molecule has 0 N–H and O–H groups in total. The van der Waals surface area contributed by atoms with Crippen LogP contribution in [0.3, 0.4) is 0 Å². The summed E-state index contributed by atoms with van der Waals surface area (Å²) in [6.07, 6.45) is 5.78. The van der Waals surface area contributed by atoms with E-state index < -0.39 is 0 Å². The van der Waals surface area contributed by atoms with Crippen LogP contribution in [0.15, 0.2) is 49.6 Å². The Hall–Kier alpha value is -1.79. The predicted molar refractivity (Wildman–Crippen MR) is 94.8 cm³/mol. The van der Waals surface area contributed by atoms with Crippen LogP contribution in [-0.2, 0) is 18.7 Å². The standard InChI is InChI=1S/C20H21Cl/c1-4-16-7-6-15(3)18(12-16)10-11-19-13-17(5-2)8-9-20(19)14-21/h4-9,12-13H,1-2,10-11,14H2,3H3. The molecule has 0 nitrogen and oxygen atoms in total. The van der Waals surface area contributed by atoms with Crippen LogP contribution in [0, 0.1) is 6.92 Å². The van der Waals surface area contributed by atoms with Gasteiger partial charge in [-0.25, -0.2) is 0 Å². The highest BCUT2D eigenvalue weighted by atomic mass is 35.5. The van der Waals surface area contributed by atoms with Gasteiger partial charge < -0.3 is 0 Å². The Bertz CT molecular complexity index is 653. The second-order valence-corrected chi connectivity index (χ2v) is 5.52. The Labute approximate surface area is 132 Å². The lowest BCUT2D eigenvalue weighted by molar-refractivity contribution is 0.935. The van der Waals surface area contributed by atoms with Crippen molar-refractivity contribution >= 4 is 23.8 Å². The Kier molecular flexibility index (Phi) is 5.41. The van der Waals surface area contributed by atoms with Crippen LogP contribution in [0.5, 0.6) is 0 Å². The molecule has 2 rings (SSSR count). The zero-order valence-electron chi connectivity index (χ0n) is 12.5. The van der Waals surface area contributed by atoms with Gasteiger partial charge in [0.05, 0.1) is 0 Å². The molecule has 0 saturated carbocycles. The van der Waals surface area contributed by atoms with E-state index in [1.165, 1.54) is 27.8 Å². The summed E-state index contributed by atoms with van der Waals surface area (Å²) in [6.45, 7) is 9.84. The SMILES string of the molecule is C=Cc1ccc(C)c(CCc2cc(C=C)ccc2CCl)c1. The maximum Gasteiger partial charge on any atom is 0.0476 e. The Morgan fingerprint density at radius 2 is 1.43 bits per heavy atom. The van der Waals surface area contributed by atoms with Gasteiger partial charge in [0.25, 0.3) is 0 Å². The van der Waals surface area contributed by atoms with E-state index >= 15 is 0 Å². The van der Waals surface area contributed by atoms with Crippen molar-refractivity contribution < 1.29 is 0 Å². The molecule has 0 heterocycles. The van der Waals surface area contributed by atoms with E-state index in [2.05, 4.69) is 56.5 Å². The van der Waals surface area contributed by atoms with Gasteiger partial charge in [-0.2, -0.15) is 0 Å². The van der Waals surface area contributed by atoms with Crippen molar-refractivity contribution in [2.45, 2.75) is 25.6 Å². The van der Waals surface area contributed by atoms with Crippen molar-refractivity contribution in [2.24, 2.45) is 0 Å². The minimum Gasteiger partial charge on any atom is -0.122 e. The Morgan fingerprint density at radius 3 is 2.05 bits per heavy atom. The molecule has 0 unspecified atom stereocenters. The van der Waals surface area contributed by atoms with Crippen LogP contribution in [0.4, 0.5) is 0 Å². The normalized spacial score (nSPS) is 10.4. The molecule has 21 heavy (non-hydrogen) atoms. The lowest BCUT2D eigenvalue weighted by atomic mass is 9.95. The largest absolute Gasteiger partial charge is 0.122 e. The summed E-state index contributed by atoms with van der Waals surface area (Å²) in [4.78, 5) is 0. The minimum absolute atomic E-state index is 0.554. The molecule has 0 saturated heterocycles. The van der Waals surface area contributed by atoms with Crippen molar-refractivity contribution in [3.05, 3.63) is 82.9 Å². The summed E-state index contributed by atoms with van der Waals surface area (Å²) in [5, 5.41) is 0. The predicted octanol–water partition coefficient (Wildman–Crippen LogP) is 5.81. The summed E-state index contributed by atoms with van der Waals surface area (Å²) >= 11 is 6.05. The van der Waals surface area contributed by atoms with Gasteiger partial charge in [-0.1, -0.05) is 61.7 Å². The molecular formula is C20H21Cl. The third-order valence-corrected chi connectivity index (χ3v) is 4.17. The summed E-state index contributed by atoms with van der Waals surface area (Å²) in [6, 6.07) is 12.9. The van der Waals surface area contributed by atoms with Gasteiger partial charge in [-0.05, 0) is 53.1 Å². The summed E-state index contributed by atoms with van der Waals surface area (Å²) in [5.74, 6) is 0.554. The molecule has 2 aromatic carbocycles. The molecule has 0 spiro atoms. The van der Waals surface area contributed by atoms with Crippen LogP contribution in [0.2, 0.25) is 0 Å². The van der Waals surface area contributed by atoms with E-state index in [1.54, 1.807) is 0 Å². The van der Waals surface area contributed by atoms with Gasteiger partial charge in [0, 0.05) is 5.88 Å². The molecule has 108 valence electrons. The molecule has 0 bridgehead atoms. The van der Waals surface area contributed by atoms with E-state index in [-0.39, 0.29) is 0 Å². The monoisotopic (exact) mass is 296 g/mol. The lowest BCUT2D eigenvalue weighted by Crippen LogP contribution is -1.98. The van der Waals surface area contributed by atoms with E-state index in [4.69, 9.17) is 11.6 Å². The molecule has 0 aliphatic heterocycles. The molecular weight excluding hydrogens is 276 g/mol. The summed E-state index contributed by atoms with van der Waals surface area (Å²) < 4.78 is 0. The fourth-order valence-corrected chi connectivity index (χ4v) is 2.75. The number of alkyl halides is 1. The maximum atomic E-state index is 6.05. The zero-order valence-corrected chi connectivity index (χ0v) is 13.3. The van der Waals surface area contributed by atoms with Crippen LogP contribution in [0.25, 0.3) is 12.2 Å². The fourth-order valence-electron chi connectivity index (χ4n) is 2.49. The highest BCUT2D eigenvalue weighted by molar-refractivity contribution is 6.17. The molecule has 1 heteroatoms. The summed E-state index contributed by atoms with van der Waals surface area (Å²) in [7, 11) is 0. The van der Waals surface area contributed by atoms with Crippen LogP contribution < -0.4 is 0 Å². The van der Waals surface area contributed by atoms with E-state index in [0.717, 1.165) is 18.4 Å². The molecule has 0 aromatic heterocycles. The number of hydrogen-bond donors (Lipinski definition) is 0. The number of halogens is 1. The first kappa shape index (κ1) is 15.6. The van der Waals surface area contributed by atoms with Gasteiger partial charge in [0.1, 0.15) is 0 Å². The van der Waals surface area contributed by atoms with Gasteiger partial charge in [-0.3, -0.25) is 0 Å². The highest BCUT2D eigenvalue weighted by Crippen LogP contribution is 2.20. The van der Waals surface area contributed by atoms with Gasteiger partial charge in [0.15, 0.2) is 0 Å². The second kappa shape index (κ2) is 7.28. The second-order valence-electron chi connectivity index (χ2n) is 5.26. The third kappa shape index (κ3) is 3.86. The maximum absolute atomic E-state index is 6.05. The van der Waals surface area contributed by atoms with Crippen molar-refractivity contribution in [3.63, 3.8) is 0 Å². The number of aryl methyl sites for hydroxylation is 3. The molecule has 0 amide bonds. The Morgan fingerprint density at radius 1 is 0.857 bits per heavy atom. The van der Waals surface area contributed by atoms with Crippen LogP contribution in [0.1, 0.15) is 33.4 Å². The first-order valence-corrected chi connectivity index (χ1v) is 7.73. The third-order valence-electron chi connectivity index (χ3n) is 3.88. The fraction of sp³-hybridized carbons (Fsp3) is 0.200. The van der Waals surface area contributed by atoms with E-state index in [0.29, 0.717) is 5.88 Å². The average Bonchev–Trinajstić information content (AvgIpc) is 2.53. The van der Waals surface area contributed by atoms with Crippen LogP contribution >= 0.6 is 11.6 Å². The number of rotatable bonds is 6.